The highest BCUT2D eigenvalue weighted by Crippen LogP contribution is 2.43. The highest BCUT2D eigenvalue weighted by Gasteiger charge is 2.26. The number of hydrogen-bond donors (Lipinski definition) is 0. The summed E-state index contributed by atoms with van der Waals surface area (Å²) in [6.07, 6.45) is 0.809. The molecule has 6 heteroatoms. The van der Waals surface area contributed by atoms with Crippen molar-refractivity contribution in [2.75, 3.05) is 13.2 Å². The van der Waals surface area contributed by atoms with Gasteiger partial charge in [0.05, 0.1) is 16.0 Å². The van der Waals surface area contributed by atoms with Crippen molar-refractivity contribution in [1.29, 1.82) is 0 Å². The summed E-state index contributed by atoms with van der Waals surface area (Å²) in [6, 6.07) is 30.7. The molecular weight excluding hydrogens is 447 g/mol. The predicted octanol–water partition coefficient (Wildman–Crippen LogP) is 3.90. The molecule has 0 N–H and O–H groups in total. The van der Waals surface area contributed by atoms with Crippen molar-refractivity contribution in [2.45, 2.75) is 13.8 Å². The third kappa shape index (κ3) is 8.02. The molecule has 3 aromatic rings. The smallest absolute Gasteiger partial charge is 0.331 e. The summed E-state index contributed by atoms with van der Waals surface area (Å²) in [5.41, 5.74) is 0. The van der Waals surface area contributed by atoms with E-state index in [0.29, 0.717) is 6.61 Å². The number of ether oxygens (including phenoxy) is 2. The number of benzene rings is 3. The molecule has 0 amide bonds. The van der Waals surface area contributed by atoms with Gasteiger partial charge in [0.2, 0.25) is 0 Å². The van der Waals surface area contributed by atoms with Gasteiger partial charge in [0.1, 0.15) is 9.48 Å². The van der Waals surface area contributed by atoms with Crippen LogP contribution in [0.3, 0.4) is 0 Å². The predicted molar refractivity (Wildman–Crippen MR) is 142 cm³/mol. The van der Waals surface area contributed by atoms with Crippen LogP contribution in [-0.4, -0.2) is 37.7 Å². The van der Waals surface area contributed by atoms with E-state index in [0.717, 1.165) is 22.0 Å². The molecule has 0 spiro atoms. The summed E-state index contributed by atoms with van der Waals surface area (Å²) in [5, 5.41) is 3.42. The maximum absolute atomic E-state index is 12.5. The largest absolute Gasteiger partial charge is 0.463 e. The van der Waals surface area contributed by atoms with Gasteiger partial charge in [0.15, 0.2) is 0 Å². The van der Waals surface area contributed by atoms with E-state index in [2.05, 4.69) is 41.1 Å². The van der Waals surface area contributed by atoms with Crippen LogP contribution >= 0.6 is 6.89 Å². The molecular formula is C28H31O5P. The quantitative estimate of drug-likeness (QED) is 0.290. The van der Waals surface area contributed by atoms with Crippen LogP contribution in [0.1, 0.15) is 19.3 Å². The first kappa shape index (κ1) is 22.1. The molecule has 0 saturated heterocycles. The molecule has 3 aromatic carbocycles. The van der Waals surface area contributed by atoms with E-state index >= 15 is 0 Å². The minimum absolute atomic E-state index is 0.271. The minimum Gasteiger partial charge on any atom is -0.463 e. The molecule has 0 fully saturated rings. The number of carbonyl (C=O) groups excluding carboxylic acids is 3. The van der Waals surface area contributed by atoms with Gasteiger partial charge in [-0.25, -0.2) is 9.59 Å². The summed E-state index contributed by atoms with van der Waals surface area (Å²) >= 11 is 0. The Morgan fingerprint density at radius 2 is 1.12 bits per heavy atom. The van der Waals surface area contributed by atoms with Crippen molar-refractivity contribution < 1.29 is 29.3 Å². The molecule has 0 radical (unpaired) electrons. The lowest BCUT2D eigenvalue weighted by Gasteiger charge is -2.28. The van der Waals surface area contributed by atoms with E-state index in [4.69, 9.17) is 15.0 Å². The Balaban J connectivity index is 0.000000464. The Kier molecular flexibility index (Phi) is 10.4. The highest BCUT2D eigenvalue weighted by molar-refractivity contribution is 7.95. The van der Waals surface area contributed by atoms with Crippen molar-refractivity contribution in [3.05, 3.63) is 104 Å². The zero-order valence-electron chi connectivity index (χ0n) is 23.2. The Hall–Kier alpha value is -3.69. The lowest BCUT2D eigenvalue weighted by Crippen LogP contribution is -2.29. The molecule has 0 aliphatic heterocycles. The van der Waals surface area contributed by atoms with Crippen molar-refractivity contribution >= 4 is 47.3 Å². The fraction of sp³-hybridized carbons (Fsp3) is 0.143. The van der Waals surface area contributed by atoms with Gasteiger partial charge in [-0.1, -0.05) is 97.5 Å². The third-order valence-electron chi connectivity index (χ3n) is 4.48. The second-order valence-corrected chi connectivity index (χ2v) is 9.76. The molecule has 5 nitrogen and oxygen atoms in total. The minimum atomic E-state index is -2.24. The number of esters is 2. The van der Waals surface area contributed by atoms with Crippen LogP contribution in [0.15, 0.2) is 104 Å². The summed E-state index contributed by atoms with van der Waals surface area (Å²) in [6.45, 7) is 0.0421. The summed E-state index contributed by atoms with van der Waals surface area (Å²) in [7, 11) is 0. The van der Waals surface area contributed by atoms with Gasteiger partial charge in [-0.05, 0) is 36.6 Å². The number of carbonyl (C=O) groups is 3. The van der Waals surface area contributed by atoms with Crippen LogP contribution in [0.2, 0.25) is 0 Å². The molecule has 0 heterocycles. The fourth-order valence-electron chi connectivity index (χ4n) is 3.18. The average molecular weight is 483 g/mol. The van der Waals surface area contributed by atoms with Crippen LogP contribution in [0.4, 0.5) is 0 Å². The monoisotopic (exact) mass is 482 g/mol. The molecule has 178 valence electrons. The second-order valence-electron chi connectivity index (χ2n) is 6.51. The Morgan fingerprint density at radius 3 is 1.44 bits per heavy atom. The fourth-order valence-corrected chi connectivity index (χ4v) is 6.84. The Morgan fingerprint density at radius 1 is 0.765 bits per heavy atom. The first-order valence-electron chi connectivity index (χ1n) is 12.5. The van der Waals surface area contributed by atoms with E-state index in [1.807, 2.05) is 61.5 Å². The average Bonchev–Trinajstić information content (AvgIpc) is 2.89. The normalized spacial score (nSPS) is 11.1. The van der Waals surface area contributed by atoms with Crippen LogP contribution in [0.25, 0.3) is 0 Å². The van der Waals surface area contributed by atoms with Gasteiger partial charge in [-0.3, -0.25) is 0 Å². The van der Waals surface area contributed by atoms with Crippen LogP contribution < -0.4 is 15.9 Å². The van der Waals surface area contributed by atoms with Crippen LogP contribution in [0.5, 0.6) is 0 Å². The lowest BCUT2D eigenvalue weighted by atomic mass is 10.4. The van der Waals surface area contributed by atoms with Gasteiger partial charge in [-0.2, -0.15) is 0 Å². The van der Waals surface area contributed by atoms with E-state index in [9.17, 15) is 9.59 Å². The van der Waals surface area contributed by atoms with Gasteiger partial charge >= 0.3 is 11.9 Å². The zero-order valence-corrected chi connectivity index (χ0v) is 20.1. The molecule has 0 atom stereocenters. The van der Waals surface area contributed by atoms with Crippen LogP contribution in [-0.2, 0) is 23.9 Å². The maximum atomic E-state index is 12.5. The van der Waals surface area contributed by atoms with Gasteiger partial charge < -0.3 is 14.3 Å². The maximum Gasteiger partial charge on any atom is 0.331 e. The van der Waals surface area contributed by atoms with Gasteiger partial charge in [0.25, 0.3) is 0 Å². The first-order chi connectivity index (χ1) is 18.2. The molecule has 0 saturated carbocycles. The molecule has 0 unspecified atom stereocenters. The van der Waals surface area contributed by atoms with Gasteiger partial charge in [-0.15, -0.1) is 0 Å². The van der Waals surface area contributed by atoms with Crippen molar-refractivity contribution in [3.8, 4) is 0 Å². The topological polar surface area (TPSA) is 69.7 Å². The number of hydrogen-bond acceptors (Lipinski definition) is 5. The summed E-state index contributed by atoms with van der Waals surface area (Å²) in [5.74, 6) is 0.904. The first-order valence-corrected chi connectivity index (χ1v) is 12.4. The third-order valence-corrected chi connectivity index (χ3v) is 8.42. The molecule has 0 aliphatic carbocycles. The summed E-state index contributed by atoms with van der Waals surface area (Å²) < 4.78 is 33.9. The molecule has 0 aromatic heterocycles. The van der Waals surface area contributed by atoms with Crippen molar-refractivity contribution in [1.82, 2.24) is 0 Å². The number of rotatable bonds is 7. The summed E-state index contributed by atoms with van der Waals surface area (Å²) in [4.78, 5) is 31.6. The SMILES string of the molecule is CCOC(=O)C=P(c1ccccc1)(c1ccccc1)c1ccccc1.[2H]C([2H])=CC(=O)OCC.[2H]C([2H])=O. The zero-order chi connectivity index (χ0) is 28.4. The lowest BCUT2D eigenvalue weighted by molar-refractivity contribution is -0.137. The van der Waals surface area contributed by atoms with Gasteiger partial charge in [0, 0.05) is 11.9 Å². The Bertz CT molecular complexity index is 1120. The van der Waals surface area contributed by atoms with Crippen molar-refractivity contribution in [3.63, 3.8) is 0 Å². The molecule has 3 rings (SSSR count). The van der Waals surface area contributed by atoms with E-state index < -0.39 is 26.1 Å². The van der Waals surface area contributed by atoms with Crippen LogP contribution in [0, 0.1) is 0 Å². The molecule has 34 heavy (non-hydrogen) atoms. The molecule has 0 aliphatic rings. The second kappa shape index (κ2) is 16.0. The highest BCUT2D eigenvalue weighted by atomic mass is 31.2. The van der Waals surface area contributed by atoms with E-state index in [1.165, 1.54) is 0 Å². The van der Waals surface area contributed by atoms with E-state index in [1.54, 1.807) is 12.7 Å². The standard InChI is InChI=1S/C22H21O2P.C5H8O2.CH2O/c1-2-24-22(23)18-25(19-12-6-3-7-13-19,20-14-8-4-9-15-20)21-16-10-5-11-17-21;1-3-5(6)7-4-2;1-2/h3-18H,2H2,1H3;3H,1,4H2,2H3;1H2/i;2*1D2. The molecule has 0 bridgehead atoms. The van der Waals surface area contributed by atoms with Crippen molar-refractivity contribution in [2.24, 2.45) is 0 Å². The Labute approximate surface area is 207 Å². The van der Waals surface area contributed by atoms with E-state index in [-0.39, 0.29) is 12.6 Å².